The van der Waals surface area contributed by atoms with Crippen LogP contribution in [-0.2, 0) is 6.42 Å². The monoisotopic (exact) mass is 412 g/mol. The molecule has 0 spiro atoms. The molecular formula is C26H24N2O3. The number of carbonyl (C=O) groups is 1. The number of hydrogen-bond acceptors (Lipinski definition) is 3. The molecule has 5 heteroatoms. The maximum Gasteiger partial charge on any atom is 0.254 e. The molecule has 31 heavy (non-hydrogen) atoms. The van der Waals surface area contributed by atoms with Crippen LogP contribution < -0.4 is 9.47 Å². The zero-order valence-corrected chi connectivity index (χ0v) is 17.6. The van der Waals surface area contributed by atoms with Gasteiger partial charge in [0.1, 0.15) is 11.5 Å². The van der Waals surface area contributed by atoms with Crippen LogP contribution >= 0.6 is 0 Å². The van der Waals surface area contributed by atoms with E-state index >= 15 is 0 Å². The molecule has 1 aromatic heterocycles. The maximum absolute atomic E-state index is 13.6. The van der Waals surface area contributed by atoms with Gasteiger partial charge in [-0.25, -0.2) is 0 Å². The van der Waals surface area contributed by atoms with Crippen molar-refractivity contribution in [2.24, 2.45) is 0 Å². The van der Waals surface area contributed by atoms with Gasteiger partial charge in [0.25, 0.3) is 5.91 Å². The smallest absolute Gasteiger partial charge is 0.254 e. The van der Waals surface area contributed by atoms with Gasteiger partial charge < -0.3 is 19.4 Å². The van der Waals surface area contributed by atoms with Gasteiger partial charge in [0.2, 0.25) is 0 Å². The number of H-pyrrole nitrogens is 1. The second-order valence-corrected chi connectivity index (χ2v) is 7.72. The Morgan fingerprint density at radius 2 is 1.71 bits per heavy atom. The first-order valence-electron chi connectivity index (χ1n) is 10.4. The summed E-state index contributed by atoms with van der Waals surface area (Å²) >= 11 is 0. The molecule has 4 aromatic rings. The highest BCUT2D eigenvalue weighted by Gasteiger charge is 2.35. The summed E-state index contributed by atoms with van der Waals surface area (Å²) in [5.41, 5.74) is 5.12. The molecule has 1 aliphatic rings. The Balaban J connectivity index is 1.63. The molecule has 0 radical (unpaired) electrons. The number of aromatic amines is 1. The van der Waals surface area contributed by atoms with Crippen molar-refractivity contribution in [1.29, 1.82) is 0 Å². The predicted octanol–water partition coefficient (Wildman–Crippen LogP) is 4.97. The summed E-state index contributed by atoms with van der Waals surface area (Å²) < 4.78 is 10.7. The molecule has 1 aliphatic heterocycles. The summed E-state index contributed by atoms with van der Waals surface area (Å²) in [5.74, 6) is 1.51. The molecule has 0 saturated heterocycles. The largest absolute Gasteiger partial charge is 0.497 e. The fourth-order valence-corrected chi connectivity index (χ4v) is 4.52. The number of nitrogens with one attached hydrogen (secondary N) is 1. The van der Waals surface area contributed by atoms with Crippen molar-refractivity contribution in [3.8, 4) is 11.5 Å². The first-order valence-corrected chi connectivity index (χ1v) is 10.4. The van der Waals surface area contributed by atoms with E-state index in [1.54, 1.807) is 14.2 Å². The van der Waals surface area contributed by atoms with Crippen molar-refractivity contribution in [1.82, 2.24) is 9.88 Å². The van der Waals surface area contributed by atoms with E-state index in [0.717, 1.165) is 34.7 Å². The first-order chi connectivity index (χ1) is 15.2. The minimum absolute atomic E-state index is 0.000205. The number of hydrogen-bond donors (Lipinski definition) is 1. The van der Waals surface area contributed by atoms with Crippen molar-refractivity contribution in [2.75, 3.05) is 20.8 Å². The molecule has 0 saturated carbocycles. The van der Waals surface area contributed by atoms with Gasteiger partial charge in [0.05, 0.1) is 20.3 Å². The molecule has 1 unspecified atom stereocenters. The van der Waals surface area contributed by atoms with E-state index in [1.807, 2.05) is 53.4 Å². The van der Waals surface area contributed by atoms with Crippen LogP contribution in [-0.4, -0.2) is 36.6 Å². The normalized spacial score (nSPS) is 15.5. The second kappa shape index (κ2) is 7.84. The van der Waals surface area contributed by atoms with Crippen LogP contribution in [0.3, 0.4) is 0 Å². The minimum Gasteiger partial charge on any atom is -0.497 e. The molecular weight excluding hydrogens is 388 g/mol. The van der Waals surface area contributed by atoms with Gasteiger partial charge in [0, 0.05) is 28.7 Å². The van der Waals surface area contributed by atoms with Crippen LogP contribution in [0.1, 0.15) is 33.2 Å². The molecule has 1 N–H and O–H groups in total. The van der Waals surface area contributed by atoms with Crippen LogP contribution in [0.15, 0.2) is 72.8 Å². The summed E-state index contributed by atoms with van der Waals surface area (Å²) in [5, 5.41) is 1.22. The summed E-state index contributed by atoms with van der Waals surface area (Å²) in [6.45, 7) is 0.640. The lowest BCUT2D eigenvalue weighted by Crippen LogP contribution is -2.40. The van der Waals surface area contributed by atoms with E-state index in [9.17, 15) is 4.79 Å². The number of para-hydroxylation sites is 1. The summed E-state index contributed by atoms with van der Waals surface area (Å²) in [6, 6.07) is 23.4. The first kappa shape index (κ1) is 19.2. The number of benzene rings is 3. The predicted molar refractivity (Wildman–Crippen MR) is 121 cm³/mol. The molecule has 0 aliphatic carbocycles. The lowest BCUT2D eigenvalue weighted by Gasteiger charge is -2.36. The van der Waals surface area contributed by atoms with E-state index in [1.165, 1.54) is 10.9 Å². The quantitative estimate of drug-likeness (QED) is 0.515. The fourth-order valence-electron chi connectivity index (χ4n) is 4.52. The van der Waals surface area contributed by atoms with Gasteiger partial charge in [0.15, 0.2) is 0 Å². The van der Waals surface area contributed by atoms with E-state index in [4.69, 9.17) is 9.47 Å². The minimum atomic E-state index is -0.221. The van der Waals surface area contributed by atoms with E-state index in [0.29, 0.717) is 12.1 Å². The average Bonchev–Trinajstić information content (AvgIpc) is 3.21. The van der Waals surface area contributed by atoms with Crippen LogP contribution in [0, 0.1) is 0 Å². The van der Waals surface area contributed by atoms with Gasteiger partial charge in [-0.05, 0) is 60.0 Å². The van der Waals surface area contributed by atoms with Crippen molar-refractivity contribution in [2.45, 2.75) is 12.5 Å². The van der Waals surface area contributed by atoms with Crippen LogP contribution in [0.4, 0.5) is 0 Å². The zero-order chi connectivity index (χ0) is 21.4. The number of aromatic nitrogens is 1. The Hall–Kier alpha value is -3.73. The lowest BCUT2D eigenvalue weighted by molar-refractivity contribution is 0.0691. The van der Waals surface area contributed by atoms with Gasteiger partial charge in [-0.15, -0.1) is 0 Å². The Bertz CT molecular complexity index is 1240. The number of carbonyl (C=O) groups excluding carboxylic acids is 1. The third-order valence-corrected chi connectivity index (χ3v) is 6.04. The highest BCUT2D eigenvalue weighted by Crippen LogP contribution is 2.39. The van der Waals surface area contributed by atoms with Crippen molar-refractivity contribution >= 4 is 16.8 Å². The van der Waals surface area contributed by atoms with Crippen LogP contribution in [0.25, 0.3) is 10.9 Å². The standard InChI is InChI=1S/C26H24N2O3/c1-30-19-12-10-17(11-13-19)26(29)28-15-14-22-21-8-3-4-9-23(21)27-24(22)25(28)18-6-5-7-20(16-18)31-2/h3-13,16,25,27H,14-15H2,1-2H3. The van der Waals surface area contributed by atoms with E-state index in [2.05, 4.69) is 29.2 Å². The van der Waals surface area contributed by atoms with Gasteiger partial charge in [-0.1, -0.05) is 30.3 Å². The van der Waals surface area contributed by atoms with Gasteiger partial charge >= 0.3 is 0 Å². The molecule has 0 fully saturated rings. The Kier molecular flexibility index (Phi) is 4.86. The Morgan fingerprint density at radius 1 is 0.935 bits per heavy atom. The third-order valence-electron chi connectivity index (χ3n) is 6.04. The number of ether oxygens (including phenoxy) is 2. The number of methoxy groups -OCH3 is 2. The average molecular weight is 412 g/mol. The fraction of sp³-hybridized carbons (Fsp3) is 0.192. The van der Waals surface area contributed by atoms with Gasteiger partial charge in [-0.3, -0.25) is 4.79 Å². The molecule has 1 amide bonds. The maximum atomic E-state index is 13.6. The SMILES string of the molecule is COc1ccc(C(=O)N2CCc3c([nH]c4ccccc34)C2c2cccc(OC)c2)cc1. The molecule has 2 heterocycles. The zero-order valence-electron chi connectivity index (χ0n) is 17.6. The molecule has 3 aromatic carbocycles. The van der Waals surface area contributed by atoms with Crippen LogP contribution in [0.5, 0.6) is 11.5 Å². The number of rotatable bonds is 4. The molecule has 156 valence electrons. The topological polar surface area (TPSA) is 54.6 Å². The number of fused-ring (bicyclic) bond motifs is 3. The third kappa shape index (κ3) is 3.32. The lowest BCUT2D eigenvalue weighted by atomic mass is 9.91. The second-order valence-electron chi connectivity index (χ2n) is 7.72. The number of nitrogens with zero attached hydrogens (tertiary/aromatic N) is 1. The van der Waals surface area contributed by atoms with Crippen molar-refractivity contribution in [3.05, 3.63) is 95.2 Å². The summed E-state index contributed by atoms with van der Waals surface area (Å²) in [7, 11) is 3.28. The van der Waals surface area contributed by atoms with Crippen molar-refractivity contribution in [3.63, 3.8) is 0 Å². The summed E-state index contributed by atoms with van der Waals surface area (Å²) in [6.07, 6.45) is 0.807. The molecule has 0 bridgehead atoms. The van der Waals surface area contributed by atoms with Gasteiger partial charge in [-0.2, -0.15) is 0 Å². The highest BCUT2D eigenvalue weighted by molar-refractivity contribution is 5.95. The Labute approximate surface area is 181 Å². The molecule has 5 nitrogen and oxygen atoms in total. The molecule has 1 atom stereocenters. The summed E-state index contributed by atoms with van der Waals surface area (Å²) in [4.78, 5) is 19.2. The van der Waals surface area contributed by atoms with E-state index < -0.39 is 0 Å². The van der Waals surface area contributed by atoms with E-state index in [-0.39, 0.29) is 11.9 Å². The van der Waals surface area contributed by atoms with Crippen molar-refractivity contribution < 1.29 is 14.3 Å². The molecule has 5 rings (SSSR count). The Morgan fingerprint density at radius 3 is 2.48 bits per heavy atom. The highest BCUT2D eigenvalue weighted by atomic mass is 16.5. The van der Waals surface area contributed by atoms with Crippen LogP contribution in [0.2, 0.25) is 0 Å². The number of amides is 1.